The summed E-state index contributed by atoms with van der Waals surface area (Å²) in [4.78, 5) is 11.6. The Kier molecular flexibility index (Phi) is 4.95. The van der Waals surface area contributed by atoms with Gasteiger partial charge in [-0.2, -0.15) is 13.2 Å². The molecule has 7 nitrogen and oxygen atoms in total. The van der Waals surface area contributed by atoms with E-state index in [9.17, 15) is 21.6 Å². The molecule has 1 aromatic carbocycles. The third-order valence-electron chi connectivity index (χ3n) is 4.12. The van der Waals surface area contributed by atoms with Crippen LogP contribution in [-0.2, 0) is 16.0 Å². The Morgan fingerprint density at radius 1 is 0.931 bits per heavy atom. The molecule has 3 rings (SSSR count). The number of anilines is 2. The van der Waals surface area contributed by atoms with Gasteiger partial charge in [0.2, 0.25) is 5.95 Å². The SMILES string of the molecule is Cc1nc(N)nc(-c2ccc(S(C)(=O)=O)cc2)c1-c1ccc(N)nc1C(F)(F)F. The Morgan fingerprint density at radius 2 is 1.55 bits per heavy atom. The van der Waals surface area contributed by atoms with Crippen LogP contribution in [0.5, 0.6) is 0 Å². The first-order valence-electron chi connectivity index (χ1n) is 8.16. The molecule has 152 valence electrons. The van der Waals surface area contributed by atoms with E-state index in [0.717, 1.165) is 6.26 Å². The molecule has 11 heteroatoms. The highest BCUT2D eigenvalue weighted by Gasteiger charge is 2.37. The summed E-state index contributed by atoms with van der Waals surface area (Å²) in [5.74, 6) is -0.417. The highest BCUT2D eigenvalue weighted by molar-refractivity contribution is 7.90. The minimum Gasteiger partial charge on any atom is -0.384 e. The van der Waals surface area contributed by atoms with E-state index in [1.807, 2.05) is 0 Å². The van der Waals surface area contributed by atoms with E-state index in [4.69, 9.17) is 11.5 Å². The number of rotatable bonds is 3. The molecule has 29 heavy (non-hydrogen) atoms. The van der Waals surface area contributed by atoms with Crippen molar-refractivity contribution in [3.63, 3.8) is 0 Å². The maximum Gasteiger partial charge on any atom is 0.434 e. The third-order valence-corrected chi connectivity index (χ3v) is 5.25. The van der Waals surface area contributed by atoms with Crippen molar-refractivity contribution < 1.29 is 21.6 Å². The predicted octanol–water partition coefficient (Wildman–Crippen LogP) is 3.10. The van der Waals surface area contributed by atoms with Gasteiger partial charge in [-0.1, -0.05) is 12.1 Å². The lowest BCUT2D eigenvalue weighted by Gasteiger charge is -2.17. The Hall–Kier alpha value is -3.21. The zero-order valence-electron chi connectivity index (χ0n) is 15.3. The summed E-state index contributed by atoms with van der Waals surface area (Å²) in [5.41, 5.74) is 10.5. The topological polar surface area (TPSA) is 125 Å². The molecule has 0 unspecified atom stereocenters. The molecule has 0 aliphatic rings. The van der Waals surface area contributed by atoms with Crippen LogP contribution in [-0.4, -0.2) is 29.6 Å². The average molecular weight is 423 g/mol. The van der Waals surface area contributed by atoms with Gasteiger partial charge < -0.3 is 11.5 Å². The summed E-state index contributed by atoms with van der Waals surface area (Å²) in [5, 5.41) is 0. The molecular weight excluding hydrogens is 407 g/mol. The Morgan fingerprint density at radius 3 is 2.10 bits per heavy atom. The van der Waals surface area contributed by atoms with Crippen LogP contribution in [0, 0.1) is 6.92 Å². The molecule has 0 fully saturated rings. The lowest BCUT2D eigenvalue weighted by molar-refractivity contribution is -0.140. The quantitative estimate of drug-likeness (QED) is 0.663. The van der Waals surface area contributed by atoms with Crippen molar-refractivity contribution >= 4 is 21.6 Å². The van der Waals surface area contributed by atoms with E-state index >= 15 is 0 Å². The predicted molar refractivity (Wildman–Crippen MR) is 102 cm³/mol. The smallest absolute Gasteiger partial charge is 0.384 e. The third kappa shape index (κ3) is 4.14. The number of alkyl halides is 3. The zero-order valence-corrected chi connectivity index (χ0v) is 16.1. The first-order valence-corrected chi connectivity index (χ1v) is 10.1. The van der Waals surface area contributed by atoms with E-state index in [2.05, 4.69) is 15.0 Å². The van der Waals surface area contributed by atoms with E-state index in [-0.39, 0.29) is 39.2 Å². The van der Waals surface area contributed by atoms with Crippen molar-refractivity contribution in [3.8, 4) is 22.4 Å². The molecule has 2 heterocycles. The Bertz CT molecular complexity index is 1190. The minimum absolute atomic E-state index is 0.0617. The normalized spacial score (nSPS) is 12.2. The summed E-state index contributed by atoms with van der Waals surface area (Å²) in [6.07, 6.45) is -3.72. The molecule has 0 aliphatic heterocycles. The van der Waals surface area contributed by atoms with Gasteiger partial charge >= 0.3 is 6.18 Å². The number of nitrogens with two attached hydrogens (primary N) is 2. The van der Waals surface area contributed by atoms with E-state index < -0.39 is 21.7 Å². The first-order chi connectivity index (χ1) is 13.4. The maximum atomic E-state index is 13.6. The fourth-order valence-electron chi connectivity index (χ4n) is 2.88. The van der Waals surface area contributed by atoms with Crippen LogP contribution in [0.25, 0.3) is 22.4 Å². The molecule has 0 saturated carbocycles. The molecule has 0 aliphatic carbocycles. The van der Waals surface area contributed by atoms with Crippen molar-refractivity contribution in [3.05, 3.63) is 47.8 Å². The number of hydrogen-bond acceptors (Lipinski definition) is 7. The van der Waals surface area contributed by atoms with Gasteiger partial charge in [-0.15, -0.1) is 0 Å². The van der Waals surface area contributed by atoms with Crippen molar-refractivity contribution in [2.45, 2.75) is 18.0 Å². The van der Waals surface area contributed by atoms with Crippen molar-refractivity contribution in [1.82, 2.24) is 15.0 Å². The van der Waals surface area contributed by atoms with Crippen LogP contribution < -0.4 is 11.5 Å². The zero-order chi connectivity index (χ0) is 21.6. The van der Waals surface area contributed by atoms with Crippen molar-refractivity contribution in [2.75, 3.05) is 17.7 Å². The summed E-state index contributed by atoms with van der Waals surface area (Å²) >= 11 is 0. The van der Waals surface area contributed by atoms with Gasteiger partial charge in [-0.3, -0.25) is 0 Å². The van der Waals surface area contributed by atoms with Gasteiger partial charge in [-0.05, 0) is 31.2 Å². The molecule has 3 aromatic rings. The summed E-state index contributed by atoms with van der Waals surface area (Å²) in [6.45, 7) is 1.50. The Balaban J connectivity index is 2.31. The molecule has 0 saturated heterocycles. The Labute approximate surface area is 164 Å². The van der Waals surface area contributed by atoms with Crippen LogP contribution in [0.1, 0.15) is 11.4 Å². The number of hydrogen-bond donors (Lipinski definition) is 2. The second-order valence-corrected chi connectivity index (χ2v) is 8.33. The van der Waals surface area contributed by atoms with Crippen molar-refractivity contribution in [2.24, 2.45) is 0 Å². The maximum absolute atomic E-state index is 13.6. The van der Waals surface area contributed by atoms with Gasteiger partial charge in [0.15, 0.2) is 15.5 Å². The lowest BCUT2D eigenvalue weighted by atomic mass is 9.96. The summed E-state index contributed by atoms with van der Waals surface area (Å²) < 4.78 is 64.1. The molecule has 0 radical (unpaired) electrons. The number of benzene rings is 1. The van der Waals surface area contributed by atoms with Crippen molar-refractivity contribution in [1.29, 1.82) is 0 Å². The van der Waals surface area contributed by atoms with Gasteiger partial charge in [-0.25, -0.2) is 23.4 Å². The highest BCUT2D eigenvalue weighted by Crippen LogP contribution is 2.41. The number of aromatic nitrogens is 3. The second kappa shape index (κ2) is 6.99. The molecule has 0 amide bonds. The molecule has 2 aromatic heterocycles. The average Bonchev–Trinajstić information content (AvgIpc) is 2.60. The van der Waals surface area contributed by atoms with Crippen LogP contribution in [0.15, 0.2) is 41.3 Å². The minimum atomic E-state index is -4.77. The second-order valence-electron chi connectivity index (χ2n) is 6.32. The van der Waals surface area contributed by atoms with Crippen LogP contribution >= 0.6 is 0 Å². The summed E-state index contributed by atoms with van der Waals surface area (Å²) in [7, 11) is -3.44. The molecule has 0 atom stereocenters. The number of halogens is 3. The van der Waals surface area contributed by atoms with E-state index in [0.29, 0.717) is 5.56 Å². The summed E-state index contributed by atoms with van der Waals surface area (Å²) in [6, 6.07) is 8.01. The number of nitrogen functional groups attached to an aromatic ring is 2. The van der Waals surface area contributed by atoms with E-state index in [1.165, 1.54) is 43.3 Å². The van der Waals surface area contributed by atoms with Crippen LogP contribution in [0.4, 0.5) is 24.9 Å². The molecule has 0 bridgehead atoms. The molecule has 0 spiro atoms. The fourth-order valence-corrected chi connectivity index (χ4v) is 3.51. The number of nitrogens with zero attached hydrogens (tertiary/aromatic N) is 3. The van der Waals surface area contributed by atoms with Gasteiger partial charge in [0.1, 0.15) is 5.82 Å². The highest BCUT2D eigenvalue weighted by atomic mass is 32.2. The molecule has 4 N–H and O–H groups in total. The molecular formula is C18H16F3N5O2S. The largest absolute Gasteiger partial charge is 0.434 e. The van der Waals surface area contributed by atoms with Gasteiger partial charge in [0.25, 0.3) is 0 Å². The van der Waals surface area contributed by atoms with E-state index in [1.54, 1.807) is 0 Å². The van der Waals surface area contributed by atoms with Crippen LogP contribution in [0.3, 0.4) is 0 Å². The van der Waals surface area contributed by atoms with Crippen LogP contribution in [0.2, 0.25) is 0 Å². The fraction of sp³-hybridized carbons (Fsp3) is 0.167. The lowest BCUT2D eigenvalue weighted by Crippen LogP contribution is -2.13. The van der Waals surface area contributed by atoms with Gasteiger partial charge in [0.05, 0.1) is 16.3 Å². The number of aryl methyl sites for hydroxylation is 1. The first kappa shape index (κ1) is 20.5. The number of pyridine rings is 1. The monoisotopic (exact) mass is 423 g/mol. The van der Waals surface area contributed by atoms with Gasteiger partial charge in [0, 0.05) is 22.9 Å². The number of sulfone groups is 1. The standard InChI is InChI=1S/C18H16F3N5O2S/c1-9-14(12-7-8-13(22)25-16(12)18(19,20)21)15(26-17(23)24-9)10-3-5-11(6-4-10)29(2,27)28/h3-8H,1-2H3,(H2,22,25)(H2,23,24,26).